The normalized spacial score (nSPS) is 19.2. The van der Waals surface area contributed by atoms with Gasteiger partial charge >= 0.3 is 59.1 Å². The number of amides is 1. The third kappa shape index (κ3) is 8.77. The molecule has 1 amide bonds. The Morgan fingerprint density at radius 2 is 1.84 bits per heavy atom. The van der Waals surface area contributed by atoms with Gasteiger partial charge in [-0.25, -0.2) is 0 Å². The SMILES string of the molecule is O=C([O-])CN1C[C@@H](c2cccs2)SC[C@H](N[C@@H](CCc2ccccc2)C(=O)[O-])C1=O.[Na+].[Na+]. The van der Waals surface area contributed by atoms with Crippen molar-refractivity contribution in [3.8, 4) is 0 Å². The first kappa shape index (κ1) is 29.7. The molecule has 1 aliphatic rings. The number of rotatable bonds is 9. The quantitative estimate of drug-likeness (QED) is 0.347. The molecule has 11 heteroatoms. The van der Waals surface area contributed by atoms with Gasteiger partial charge in [-0.05, 0) is 29.9 Å². The fourth-order valence-electron chi connectivity index (χ4n) is 3.38. The van der Waals surface area contributed by atoms with Gasteiger partial charge in [-0.3, -0.25) is 10.1 Å². The Morgan fingerprint density at radius 1 is 1.12 bits per heavy atom. The molecule has 0 bridgehead atoms. The van der Waals surface area contributed by atoms with Crippen LogP contribution in [0.1, 0.15) is 22.1 Å². The van der Waals surface area contributed by atoms with Crippen molar-refractivity contribution in [3.63, 3.8) is 0 Å². The van der Waals surface area contributed by atoms with Crippen LogP contribution in [0.25, 0.3) is 0 Å². The Hall–Kier alpha value is -0.360. The standard InChI is InChI=1S/C21H24N2O5S2.2Na/c24-19(25)12-23-11-18(17-7-4-10-29-17)30-13-16(20(23)26)22-15(21(27)28)9-8-14-5-2-1-3-6-14;;/h1-7,10,15-16,18,22H,8-9,11-13H2,(H,24,25)(H,27,28);;/q;2*+1/p-2/t15-,16-,18-;;/m0../s1. The summed E-state index contributed by atoms with van der Waals surface area (Å²) in [6.45, 7) is -0.296. The number of hydrogen-bond acceptors (Lipinski definition) is 8. The average Bonchev–Trinajstić information content (AvgIpc) is 3.21. The monoisotopic (exact) mass is 492 g/mol. The van der Waals surface area contributed by atoms with Gasteiger partial charge in [0, 0.05) is 23.2 Å². The largest absolute Gasteiger partial charge is 1.00 e. The molecule has 0 saturated carbocycles. The van der Waals surface area contributed by atoms with E-state index in [2.05, 4.69) is 5.32 Å². The van der Waals surface area contributed by atoms with Crippen LogP contribution in [0.2, 0.25) is 0 Å². The minimum atomic E-state index is -1.35. The molecule has 0 unspecified atom stereocenters. The fraction of sp³-hybridized carbons (Fsp3) is 0.381. The molecule has 2 aromatic rings. The number of aryl methyl sites for hydroxylation is 1. The van der Waals surface area contributed by atoms with Gasteiger partial charge in [-0.2, -0.15) is 0 Å². The second-order valence-electron chi connectivity index (χ2n) is 7.04. The smallest absolute Gasteiger partial charge is 0.548 e. The van der Waals surface area contributed by atoms with E-state index in [-0.39, 0.29) is 77.3 Å². The predicted molar refractivity (Wildman–Crippen MR) is 112 cm³/mol. The molecular formula is C21H22N2Na2O5S2. The van der Waals surface area contributed by atoms with E-state index in [4.69, 9.17) is 0 Å². The summed E-state index contributed by atoms with van der Waals surface area (Å²) < 4.78 is 0. The summed E-state index contributed by atoms with van der Waals surface area (Å²) in [7, 11) is 0. The maximum Gasteiger partial charge on any atom is 1.00 e. The summed E-state index contributed by atoms with van der Waals surface area (Å²) in [6, 6.07) is 11.5. The van der Waals surface area contributed by atoms with Crippen molar-refractivity contribution in [2.75, 3.05) is 18.8 Å². The van der Waals surface area contributed by atoms with Crippen LogP contribution in [0.15, 0.2) is 47.8 Å². The number of carboxylic acids is 2. The zero-order valence-corrected chi connectivity index (χ0v) is 23.8. The number of thiophene rings is 1. The van der Waals surface area contributed by atoms with E-state index in [0.717, 1.165) is 10.4 Å². The van der Waals surface area contributed by atoms with Crippen molar-refractivity contribution >= 4 is 40.9 Å². The van der Waals surface area contributed by atoms with Gasteiger partial charge in [0.1, 0.15) is 0 Å². The average molecular weight is 493 g/mol. The molecule has 1 aromatic carbocycles. The van der Waals surface area contributed by atoms with Crippen LogP contribution in [-0.2, 0) is 20.8 Å². The van der Waals surface area contributed by atoms with Gasteiger partial charge in [0.25, 0.3) is 0 Å². The molecular weight excluding hydrogens is 470 g/mol. The summed E-state index contributed by atoms with van der Waals surface area (Å²) >= 11 is 3.05. The zero-order valence-electron chi connectivity index (χ0n) is 18.2. The molecule has 160 valence electrons. The molecule has 1 aliphatic heterocycles. The maximum absolute atomic E-state index is 13.0. The molecule has 32 heavy (non-hydrogen) atoms. The number of hydrogen-bond donors (Lipinski definition) is 1. The maximum atomic E-state index is 13.0. The molecule has 1 saturated heterocycles. The van der Waals surface area contributed by atoms with Crippen molar-refractivity contribution in [1.82, 2.24) is 10.2 Å². The van der Waals surface area contributed by atoms with E-state index < -0.39 is 36.5 Å². The molecule has 1 fully saturated rings. The summed E-state index contributed by atoms with van der Waals surface area (Å²) in [4.78, 5) is 38.1. The molecule has 7 nitrogen and oxygen atoms in total. The zero-order chi connectivity index (χ0) is 21.5. The predicted octanol–water partition coefficient (Wildman–Crippen LogP) is -6.17. The van der Waals surface area contributed by atoms with E-state index in [9.17, 15) is 24.6 Å². The molecule has 3 rings (SSSR count). The minimum absolute atomic E-state index is 0. The number of carbonyl (C=O) groups excluding carboxylic acids is 3. The van der Waals surface area contributed by atoms with Gasteiger partial charge in [-0.15, -0.1) is 23.1 Å². The van der Waals surface area contributed by atoms with Gasteiger partial charge < -0.3 is 24.7 Å². The van der Waals surface area contributed by atoms with Gasteiger partial charge in [-0.1, -0.05) is 36.4 Å². The number of nitrogens with one attached hydrogen (secondary N) is 1. The molecule has 1 N–H and O–H groups in total. The molecule has 3 atom stereocenters. The third-order valence-electron chi connectivity index (χ3n) is 4.89. The van der Waals surface area contributed by atoms with Crippen LogP contribution in [0.4, 0.5) is 0 Å². The summed E-state index contributed by atoms with van der Waals surface area (Å²) in [5, 5.41) is 27.6. The molecule has 0 radical (unpaired) electrons. The number of thioether (sulfide) groups is 1. The number of benzene rings is 1. The van der Waals surface area contributed by atoms with Crippen molar-refractivity contribution in [2.45, 2.75) is 30.2 Å². The Bertz CT molecular complexity index is 870. The number of carboxylic acid groups (broad SMARTS) is 2. The van der Waals surface area contributed by atoms with Crippen LogP contribution in [0.5, 0.6) is 0 Å². The van der Waals surface area contributed by atoms with Gasteiger partial charge in [0.2, 0.25) is 5.91 Å². The second-order valence-corrected chi connectivity index (χ2v) is 9.26. The molecule has 0 aliphatic carbocycles. The summed E-state index contributed by atoms with van der Waals surface area (Å²) in [5.74, 6) is -2.73. The van der Waals surface area contributed by atoms with E-state index in [1.54, 1.807) is 11.3 Å². The van der Waals surface area contributed by atoms with E-state index in [0.29, 0.717) is 12.2 Å². The molecule has 0 spiro atoms. The van der Waals surface area contributed by atoms with Crippen LogP contribution >= 0.6 is 23.1 Å². The Kier molecular flexibility index (Phi) is 13.7. The summed E-state index contributed by atoms with van der Waals surface area (Å²) in [6.07, 6.45) is 0.775. The Balaban J connectivity index is 0.00000256. The Morgan fingerprint density at radius 3 is 2.44 bits per heavy atom. The van der Waals surface area contributed by atoms with Crippen molar-refractivity contribution in [1.29, 1.82) is 0 Å². The van der Waals surface area contributed by atoms with Crippen molar-refractivity contribution in [2.24, 2.45) is 0 Å². The van der Waals surface area contributed by atoms with Crippen molar-refractivity contribution < 1.29 is 83.7 Å². The van der Waals surface area contributed by atoms with Crippen LogP contribution in [-0.4, -0.2) is 53.7 Å². The first-order chi connectivity index (χ1) is 14.4. The van der Waals surface area contributed by atoms with E-state index in [1.165, 1.54) is 16.7 Å². The number of aliphatic carboxylic acids is 2. The number of nitrogens with zero attached hydrogens (tertiary/aromatic N) is 1. The minimum Gasteiger partial charge on any atom is -0.548 e. The van der Waals surface area contributed by atoms with E-state index in [1.807, 2.05) is 47.8 Å². The Labute approximate surface area is 239 Å². The van der Waals surface area contributed by atoms with Crippen molar-refractivity contribution in [3.05, 3.63) is 58.3 Å². The van der Waals surface area contributed by atoms with Crippen LogP contribution in [0.3, 0.4) is 0 Å². The topological polar surface area (TPSA) is 113 Å². The summed E-state index contributed by atoms with van der Waals surface area (Å²) in [5.41, 5.74) is 0.989. The molecule has 2 heterocycles. The van der Waals surface area contributed by atoms with E-state index >= 15 is 0 Å². The van der Waals surface area contributed by atoms with Crippen LogP contribution in [0, 0.1) is 0 Å². The second kappa shape index (κ2) is 14.8. The fourth-order valence-corrected chi connectivity index (χ4v) is 5.64. The van der Waals surface area contributed by atoms with Crippen LogP contribution < -0.4 is 74.6 Å². The third-order valence-corrected chi connectivity index (χ3v) is 7.36. The molecule has 1 aromatic heterocycles. The number of carbonyl (C=O) groups is 3. The van der Waals surface area contributed by atoms with Gasteiger partial charge in [0.05, 0.1) is 29.8 Å². The van der Waals surface area contributed by atoms with Gasteiger partial charge in [0.15, 0.2) is 0 Å². The first-order valence-electron chi connectivity index (χ1n) is 9.58. The first-order valence-corrected chi connectivity index (χ1v) is 11.5.